The van der Waals surface area contributed by atoms with Crippen molar-refractivity contribution in [1.82, 2.24) is 10.3 Å². The molecular formula is C12H20N2. The Labute approximate surface area is 86.8 Å². The van der Waals surface area contributed by atoms with Gasteiger partial charge in [-0.05, 0) is 37.1 Å². The summed E-state index contributed by atoms with van der Waals surface area (Å²) in [6, 6.07) is 4.70. The van der Waals surface area contributed by atoms with Gasteiger partial charge in [0.1, 0.15) is 0 Å². The van der Waals surface area contributed by atoms with Crippen molar-refractivity contribution < 1.29 is 0 Å². The Morgan fingerprint density at radius 2 is 2.14 bits per heavy atom. The van der Waals surface area contributed by atoms with Gasteiger partial charge in [0.05, 0.1) is 0 Å². The second-order valence-electron chi connectivity index (χ2n) is 4.01. The molecule has 1 N–H and O–H groups in total. The largest absolute Gasteiger partial charge is 0.310 e. The first-order valence-electron chi connectivity index (χ1n) is 5.31. The van der Waals surface area contributed by atoms with Crippen molar-refractivity contribution in [2.45, 2.75) is 33.7 Å². The van der Waals surface area contributed by atoms with Gasteiger partial charge in [-0.15, -0.1) is 0 Å². The van der Waals surface area contributed by atoms with Gasteiger partial charge in [0.15, 0.2) is 0 Å². The van der Waals surface area contributed by atoms with E-state index in [-0.39, 0.29) is 0 Å². The highest BCUT2D eigenvalue weighted by atomic mass is 14.9. The number of rotatable bonds is 4. The van der Waals surface area contributed by atoms with E-state index in [2.05, 4.69) is 43.2 Å². The lowest BCUT2D eigenvalue weighted by atomic mass is 9.96. The second kappa shape index (κ2) is 5.11. The molecule has 0 saturated carbocycles. The molecule has 0 spiro atoms. The number of nitrogens with zero attached hydrogens (tertiary/aromatic N) is 1. The van der Waals surface area contributed by atoms with Gasteiger partial charge in [-0.2, -0.15) is 0 Å². The molecule has 78 valence electrons. The molecule has 2 nitrogen and oxygen atoms in total. The van der Waals surface area contributed by atoms with Crippen LogP contribution < -0.4 is 5.32 Å². The molecule has 1 aromatic rings. The molecule has 1 rings (SSSR count). The minimum Gasteiger partial charge on any atom is -0.310 e. The van der Waals surface area contributed by atoms with Crippen molar-refractivity contribution in [3.05, 3.63) is 29.6 Å². The fourth-order valence-electron chi connectivity index (χ4n) is 1.72. The quantitative estimate of drug-likeness (QED) is 0.793. The maximum absolute atomic E-state index is 4.21. The maximum atomic E-state index is 4.21. The van der Waals surface area contributed by atoms with Crippen molar-refractivity contribution in [2.75, 3.05) is 6.54 Å². The van der Waals surface area contributed by atoms with Crippen LogP contribution in [0.4, 0.5) is 0 Å². The van der Waals surface area contributed by atoms with Crippen LogP contribution in [-0.4, -0.2) is 11.5 Å². The van der Waals surface area contributed by atoms with Gasteiger partial charge >= 0.3 is 0 Å². The molecular weight excluding hydrogens is 172 g/mol. The number of hydrogen-bond acceptors (Lipinski definition) is 2. The van der Waals surface area contributed by atoms with Crippen LogP contribution in [0.3, 0.4) is 0 Å². The monoisotopic (exact) mass is 192 g/mol. The number of nitrogens with one attached hydrogen (secondary N) is 1. The van der Waals surface area contributed by atoms with Gasteiger partial charge in [-0.25, -0.2) is 0 Å². The van der Waals surface area contributed by atoms with Crippen LogP contribution in [0.1, 0.15) is 38.1 Å². The molecule has 1 unspecified atom stereocenters. The zero-order chi connectivity index (χ0) is 10.6. The number of hydrogen-bond donors (Lipinski definition) is 1. The third kappa shape index (κ3) is 2.81. The Kier molecular flexibility index (Phi) is 4.08. The summed E-state index contributed by atoms with van der Waals surface area (Å²) in [4.78, 5) is 4.21. The lowest BCUT2D eigenvalue weighted by molar-refractivity contribution is 0.421. The molecule has 0 saturated heterocycles. The SMILES string of the molecule is CCNC(c1ccnc(C)c1)C(C)C. The highest BCUT2D eigenvalue weighted by Crippen LogP contribution is 2.21. The van der Waals surface area contributed by atoms with Crippen molar-refractivity contribution in [1.29, 1.82) is 0 Å². The van der Waals surface area contributed by atoms with Gasteiger partial charge in [0.25, 0.3) is 0 Å². The first kappa shape index (κ1) is 11.2. The van der Waals surface area contributed by atoms with E-state index in [0.717, 1.165) is 12.2 Å². The normalized spacial score (nSPS) is 13.2. The Hall–Kier alpha value is -0.890. The highest BCUT2D eigenvalue weighted by Gasteiger charge is 2.13. The third-order valence-electron chi connectivity index (χ3n) is 2.37. The lowest BCUT2D eigenvalue weighted by Gasteiger charge is -2.22. The van der Waals surface area contributed by atoms with Crippen LogP contribution in [-0.2, 0) is 0 Å². The molecule has 0 amide bonds. The minimum absolute atomic E-state index is 0.446. The lowest BCUT2D eigenvalue weighted by Crippen LogP contribution is -2.25. The number of aryl methyl sites for hydroxylation is 1. The van der Waals surface area contributed by atoms with Crippen LogP contribution in [0.15, 0.2) is 18.3 Å². The fourth-order valence-corrected chi connectivity index (χ4v) is 1.72. The predicted octanol–water partition coefficient (Wildman–Crippen LogP) is 2.70. The van der Waals surface area contributed by atoms with Crippen LogP contribution in [0.25, 0.3) is 0 Å². The first-order chi connectivity index (χ1) is 6.65. The van der Waals surface area contributed by atoms with Crippen LogP contribution in [0.5, 0.6) is 0 Å². The van der Waals surface area contributed by atoms with E-state index < -0.39 is 0 Å². The van der Waals surface area contributed by atoms with Crippen molar-refractivity contribution >= 4 is 0 Å². The molecule has 0 aliphatic rings. The van der Waals surface area contributed by atoms with E-state index in [1.165, 1.54) is 5.56 Å². The zero-order valence-electron chi connectivity index (χ0n) is 9.54. The fraction of sp³-hybridized carbons (Fsp3) is 0.583. The summed E-state index contributed by atoms with van der Waals surface area (Å²) in [7, 11) is 0. The summed E-state index contributed by atoms with van der Waals surface area (Å²) in [6.07, 6.45) is 1.89. The molecule has 14 heavy (non-hydrogen) atoms. The van der Waals surface area contributed by atoms with E-state index >= 15 is 0 Å². The molecule has 0 bridgehead atoms. The van der Waals surface area contributed by atoms with E-state index in [1.807, 2.05) is 13.1 Å². The van der Waals surface area contributed by atoms with Crippen molar-refractivity contribution in [2.24, 2.45) is 5.92 Å². The summed E-state index contributed by atoms with van der Waals surface area (Å²) >= 11 is 0. The standard InChI is InChI=1S/C12H20N2/c1-5-13-12(9(2)3)11-6-7-14-10(4)8-11/h6-9,12-13H,5H2,1-4H3. The number of aromatic nitrogens is 1. The maximum Gasteiger partial charge on any atom is 0.0375 e. The van der Waals surface area contributed by atoms with Crippen LogP contribution >= 0.6 is 0 Å². The highest BCUT2D eigenvalue weighted by molar-refractivity contribution is 5.19. The van der Waals surface area contributed by atoms with E-state index in [9.17, 15) is 0 Å². The molecule has 1 aromatic heterocycles. The predicted molar refractivity (Wildman–Crippen MR) is 60.2 cm³/mol. The second-order valence-corrected chi connectivity index (χ2v) is 4.01. The molecule has 1 heterocycles. The molecule has 0 aliphatic heterocycles. The topological polar surface area (TPSA) is 24.9 Å². The summed E-state index contributed by atoms with van der Waals surface area (Å²) in [5.74, 6) is 0.608. The van der Waals surface area contributed by atoms with Gasteiger partial charge in [-0.1, -0.05) is 20.8 Å². The van der Waals surface area contributed by atoms with Crippen LogP contribution in [0.2, 0.25) is 0 Å². The average Bonchev–Trinajstić information content (AvgIpc) is 2.13. The Morgan fingerprint density at radius 1 is 1.43 bits per heavy atom. The zero-order valence-corrected chi connectivity index (χ0v) is 9.54. The van der Waals surface area contributed by atoms with E-state index in [1.54, 1.807) is 0 Å². The Morgan fingerprint density at radius 3 is 2.64 bits per heavy atom. The third-order valence-corrected chi connectivity index (χ3v) is 2.37. The summed E-state index contributed by atoms with van der Waals surface area (Å²) in [5.41, 5.74) is 2.43. The molecule has 0 aromatic carbocycles. The van der Waals surface area contributed by atoms with Crippen molar-refractivity contribution in [3.8, 4) is 0 Å². The smallest absolute Gasteiger partial charge is 0.0375 e. The molecule has 1 atom stereocenters. The van der Waals surface area contributed by atoms with Gasteiger partial charge in [0.2, 0.25) is 0 Å². The van der Waals surface area contributed by atoms with E-state index in [0.29, 0.717) is 12.0 Å². The minimum atomic E-state index is 0.446. The average molecular weight is 192 g/mol. The Balaban J connectivity index is 2.87. The summed E-state index contributed by atoms with van der Waals surface area (Å²) < 4.78 is 0. The molecule has 0 fully saturated rings. The van der Waals surface area contributed by atoms with Crippen LogP contribution in [0, 0.1) is 12.8 Å². The first-order valence-corrected chi connectivity index (χ1v) is 5.31. The molecule has 2 heteroatoms. The van der Waals surface area contributed by atoms with Gasteiger partial charge in [-0.3, -0.25) is 4.98 Å². The summed E-state index contributed by atoms with van der Waals surface area (Å²) in [5, 5.41) is 3.50. The van der Waals surface area contributed by atoms with E-state index in [4.69, 9.17) is 0 Å². The van der Waals surface area contributed by atoms with Gasteiger partial charge in [0, 0.05) is 17.9 Å². The van der Waals surface area contributed by atoms with Crippen molar-refractivity contribution in [3.63, 3.8) is 0 Å². The Bertz CT molecular complexity index is 281. The molecule has 0 radical (unpaired) electrons. The van der Waals surface area contributed by atoms with Gasteiger partial charge < -0.3 is 5.32 Å². The molecule has 0 aliphatic carbocycles. The number of pyridine rings is 1. The summed E-state index contributed by atoms with van der Waals surface area (Å²) in [6.45, 7) is 9.66.